The van der Waals surface area contributed by atoms with Gasteiger partial charge in [-0.3, -0.25) is 4.98 Å². The monoisotopic (exact) mass is 306 g/mol. The number of aliphatic hydroxyl groups excluding tert-OH is 1. The number of aliphatic hydroxyl groups is 1. The molecule has 3 rings (SSSR count). The van der Waals surface area contributed by atoms with Crippen LogP contribution in [0.5, 0.6) is 5.75 Å². The predicted molar refractivity (Wildman–Crippen MR) is 74.7 cm³/mol. The van der Waals surface area contributed by atoms with Crippen molar-refractivity contribution in [3.05, 3.63) is 45.1 Å². The highest BCUT2D eigenvalue weighted by atomic mass is 35.5. The van der Waals surface area contributed by atoms with Crippen LogP contribution in [0.15, 0.2) is 18.2 Å². The van der Waals surface area contributed by atoms with Crippen molar-refractivity contribution >= 4 is 23.2 Å². The van der Waals surface area contributed by atoms with Crippen molar-refractivity contribution in [2.24, 2.45) is 0 Å². The normalized spacial score (nSPS) is 15.8. The molecule has 1 aromatic heterocycles. The minimum Gasteiger partial charge on any atom is -0.458 e. The van der Waals surface area contributed by atoms with Gasteiger partial charge >= 0.3 is 0 Å². The van der Waals surface area contributed by atoms with Crippen molar-refractivity contribution in [1.82, 2.24) is 4.98 Å². The molecule has 0 fully saturated rings. The zero-order chi connectivity index (χ0) is 14.4. The fourth-order valence-corrected chi connectivity index (χ4v) is 2.71. The summed E-state index contributed by atoms with van der Waals surface area (Å²) >= 11 is 12.1. The van der Waals surface area contributed by atoms with E-state index in [1.54, 1.807) is 19.1 Å². The zero-order valence-electron chi connectivity index (χ0n) is 10.3. The van der Waals surface area contributed by atoms with Crippen molar-refractivity contribution in [3.8, 4) is 23.1 Å². The topological polar surface area (TPSA) is 66.1 Å². The Morgan fingerprint density at radius 1 is 1.35 bits per heavy atom. The fraction of sp³-hybridized carbons (Fsp3) is 0.143. The third-order valence-corrected chi connectivity index (χ3v) is 3.62. The summed E-state index contributed by atoms with van der Waals surface area (Å²) in [7, 11) is 0. The maximum Gasteiger partial charge on any atom is 0.226 e. The molecule has 2 heterocycles. The molecule has 0 spiro atoms. The van der Waals surface area contributed by atoms with Gasteiger partial charge in [0.1, 0.15) is 6.07 Å². The summed E-state index contributed by atoms with van der Waals surface area (Å²) < 4.78 is 5.40. The molecular weight excluding hydrogens is 299 g/mol. The molecule has 1 N–H and O–H groups in total. The van der Waals surface area contributed by atoms with Crippen LogP contribution in [0.1, 0.15) is 23.1 Å². The molecule has 0 saturated heterocycles. The molecule has 1 aromatic carbocycles. The summed E-state index contributed by atoms with van der Waals surface area (Å²) in [6, 6.07) is 6.81. The third kappa shape index (κ3) is 1.92. The zero-order valence-corrected chi connectivity index (χ0v) is 11.8. The second-order valence-electron chi connectivity index (χ2n) is 4.41. The SMILES string of the molecule is Cc1nc2c(cc1C#N)C(O)Oc1c(Cl)cc(Cl)cc1-2. The Kier molecular flexibility index (Phi) is 3.06. The number of aromatic nitrogens is 1. The lowest BCUT2D eigenvalue weighted by molar-refractivity contribution is -0.0216. The first-order valence-electron chi connectivity index (χ1n) is 5.77. The molecule has 20 heavy (non-hydrogen) atoms. The summed E-state index contributed by atoms with van der Waals surface area (Å²) in [5, 5.41) is 19.8. The van der Waals surface area contributed by atoms with E-state index in [0.29, 0.717) is 43.9 Å². The van der Waals surface area contributed by atoms with Crippen LogP contribution in [0.3, 0.4) is 0 Å². The number of hydrogen-bond donors (Lipinski definition) is 1. The van der Waals surface area contributed by atoms with Gasteiger partial charge in [-0.05, 0) is 25.1 Å². The molecule has 0 aliphatic carbocycles. The summed E-state index contributed by atoms with van der Waals surface area (Å²) in [5.74, 6) is 0.340. The second-order valence-corrected chi connectivity index (χ2v) is 5.25. The highest BCUT2D eigenvalue weighted by Gasteiger charge is 2.29. The molecule has 6 heteroatoms. The average molecular weight is 307 g/mol. The summed E-state index contributed by atoms with van der Waals surface area (Å²) in [6.45, 7) is 1.73. The first kappa shape index (κ1) is 13.2. The number of nitriles is 1. The molecule has 1 aliphatic heterocycles. The summed E-state index contributed by atoms with van der Waals surface area (Å²) in [4.78, 5) is 4.38. The minimum atomic E-state index is -1.21. The van der Waals surface area contributed by atoms with Crippen LogP contribution in [0.4, 0.5) is 0 Å². The number of aryl methyl sites for hydroxylation is 1. The Morgan fingerprint density at radius 2 is 2.10 bits per heavy atom. The van der Waals surface area contributed by atoms with E-state index < -0.39 is 6.29 Å². The first-order chi connectivity index (χ1) is 9.51. The lowest BCUT2D eigenvalue weighted by Crippen LogP contribution is -2.16. The largest absolute Gasteiger partial charge is 0.458 e. The molecule has 100 valence electrons. The number of rotatable bonds is 0. The van der Waals surface area contributed by atoms with Crippen LogP contribution < -0.4 is 4.74 Å². The van der Waals surface area contributed by atoms with E-state index in [4.69, 9.17) is 33.2 Å². The number of pyridine rings is 1. The number of hydrogen-bond acceptors (Lipinski definition) is 4. The lowest BCUT2D eigenvalue weighted by atomic mass is 9.99. The van der Waals surface area contributed by atoms with Gasteiger partial charge in [0, 0.05) is 16.1 Å². The van der Waals surface area contributed by atoms with Crippen LogP contribution >= 0.6 is 23.2 Å². The Bertz CT molecular complexity index is 769. The molecule has 4 nitrogen and oxygen atoms in total. The molecule has 2 aromatic rings. The molecule has 0 saturated carbocycles. The first-order valence-corrected chi connectivity index (χ1v) is 6.52. The van der Waals surface area contributed by atoms with Gasteiger partial charge < -0.3 is 9.84 Å². The smallest absolute Gasteiger partial charge is 0.226 e. The predicted octanol–water partition coefficient (Wildman–Crippen LogP) is 3.62. The van der Waals surface area contributed by atoms with Gasteiger partial charge in [-0.25, -0.2) is 0 Å². The van der Waals surface area contributed by atoms with Gasteiger partial charge in [0.05, 0.1) is 22.0 Å². The van der Waals surface area contributed by atoms with Gasteiger partial charge in [0.15, 0.2) is 5.75 Å². The highest BCUT2D eigenvalue weighted by molar-refractivity contribution is 6.36. The maximum absolute atomic E-state index is 10.0. The van der Waals surface area contributed by atoms with Crippen LogP contribution in [0, 0.1) is 18.3 Å². The van der Waals surface area contributed by atoms with Crippen molar-refractivity contribution in [1.29, 1.82) is 5.26 Å². The van der Waals surface area contributed by atoms with Gasteiger partial charge in [-0.2, -0.15) is 5.26 Å². The average Bonchev–Trinajstić information content (AvgIpc) is 2.40. The van der Waals surface area contributed by atoms with Crippen LogP contribution in [-0.4, -0.2) is 10.1 Å². The van der Waals surface area contributed by atoms with Crippen molar-refractivity contribution in [2.75, 3.05) is 0 Å². The fourth-order valence-electron chi connectivity index (χ4n) is 2.17. The number of ether oxygens (including phenoxy) is 1. The number of fused-ring (bicyclic) bond motifs is 3. The number of nitrogens with zero attached hydrogens (tertiary/aromatic N) is 2. The molecule has 1 atom stereocenters. The Hall–Kier alpha value is -1.80. The molecule has 0 radical (unpaired) electrons. The maximum atomic E-state index is 10.0. The van der Waals surface area contributed by atoms with E-state index in [0.717, 1.165) is 0 Å². The molecule has 0 bridgehead atoms. The number of benzene rings is 1. The van der Waals surface area contributed by atoms with E-state index in [1.807, 2.05) is 6.07 Å². The Labute approximate surface area is 125 Å². The van der Waals surface area contributed by atoms with Crippen LogP contribution in [0.2, 0.25) is 10.0 Å². The second kappa shape index (κ2) is 4.64. The summed E-state index contributed by atoms with van der Waals surface area (Å²) in [6.07, 6.45) is -1.21. The van der Waals surface area contributed by atoms with E-state index in [9.17, 15) is 5.11 Å². The Morgan fingerprint density at radius 3 is 2.80 bits per heavy atom. The van der Waals surface area contributed by atoms with E-state index >= 15 is 0 Å². The molecule has 0 amide bonds. The molecular formula is C14H8Cl2N2O2. The van der Waals surface area contributed by atoms with Gasteiger partial charge in [0.25, 0.3) is 0 Å². The highest BCUT2D eigenvalue weighted by Crippen LogP contribution is 2.46. The van der Waals surface area contributed by atoms with Gasteiger partial charge in [-0.15, -0.1) is 0 Å². The van der Waals surface area contributed by atoms with Crippen molar-refractivity contribution in [3.63, 3.8) is 0 Å². The van der Waals surface area contributed by atoms with Crippen molar-refractivity contribution < 1.29 is 9.84 Å². The van der Waals surface area contributed by atoms with Crippen LogP contribution in [0.25, 0.3) is 11.3 Å². The van der Waals surface area contributed by atoms with Crippen LogP contribution in [-0.2, 0) is 0 Å². The van der Waals surface area contributed by atoms with E-state index in [-0.39, 0.29) is 0 Å². The van der Waals surface area contributed by atoms with Crippen molar-refractivity contribution in [2.45, 2.75) is 13.2 Å². The van der Waals surface area contributed by atoms with E-state index in [1.165, 1.54) is 6.07 Å². The van der Waals surface area contributed by atoms with Gasteiger partial charge in [0.2, 0.25) is 6.29 Å². The standard InChI is InChI=1S/C14H8Cl2N2O2/c1-6-7(5-17)2-10-12(18-6)9-3-8(15)4-11(16)13(9)20-14(10)19/h2-4,14,19H,1H3. The summed E-state index contributed by atoms with van der Waals surface area (Å²) in [5.41, 5.74) is 2.53. The minimum absolute atomic E-state index is 0.306. The third-order valence-electron chi connectivity index (χ3n) is 3.12. The quantitative estimate of drug-likeness (QED) is 0.807. The molecule has 1 aliphatic rings. The molecule has 1 unspecified atom stereocenters. The van der Waals surface area contributed by atoms with Gasteiger partial charge in [-0.1, -0.05) is 23.2 Å². The van der Waals surface area contributed by atoms with E-state index in [2.05, 4.69) is 4.98 Å². The number of halogens is 2. The lowest BCUT2D eigenvalue weighted by Gasteiger charge is -2.26. The Balaban J connectivity index is 2.34.